The fraction of sp³-hybridized carbons (Fsp3) is 0.692. The molecule has 0 aliphatic heterocycles. The summed E-state index contributed by atoms with van der Waals surface area (Å²) < 4.78 is 0. The van der Waals surface area contributed by atoms with Gasteiger partial charge in [-0.1, -0.05) is 26.0 Å². The maximum Gasteiger partial charge on any atom is 0.326 e. The van der Waals surface area contributed by atoms with Gasteiger partial charge in [0.1, 0.15) is 6.04 Å². The van der Waals surface area contributed by atoms with E-state index >= 15 is 0 Å². The highest BCUT2D eigenvalue weighted by molar-refractivity contribution is 5.85. The highest BCUT2D eigenvalue weighted by Crippen LogP contribution is 2.18. The van der Waals surface area contributed by atoms with Crippen molar-refractivity contribution in [2.75, 3.05) is 0 Å². The molecule has 0 heterocycles. The van der Waals surface area contributed by atoms with E-state index in [0.717, 1.165) is 19.3 Å². The van der Waals surface area contributed by atoms with Gasteiger partial charge in [-0.2, -0.15) is 0 Å². The molecule has 0 saturated heterocycles. The molecule has 17 heavy (non-hydrogen) atoms. The van der Waals surface area contributed by atoms with Crippen LogP contribution in [0.15, 0.2) is 12.2 Å². The number of carbonyl (C=O) groups excluding carboxylic acids is 1. The minimum absolute atomic E-state index is 0.0611. The maximum absolute atomic E-state index is 11.9. The smallest absolute Gasteiger partial charge is 0.326 e. The monoisotopic (exact) mass is 239 g/mol. The lowest BCUT2D eigenvalue weighted by molar-refractivity contribution is -0.143. The van der Waals surface area contributed by atoms with Crippen LogP contribution in [0.25, 0.3) is 0 Å². The van der Waals surface area contributed by atoms with Crippen molar-refractivity contribution in [1.29, 1.82) is 0 Å². The largest absolute Gasteiger partial charge is 0.480 e. The van der Waals surface area contributed by atoms with Gasteiger partial charge in [0, 0.05) is 5.92 Å². The van der Waals surface area contributed by atoms with E-state index in [4.69, 9.17) is 5.11 Å². The topological polar surface area (TPSA) is 66.4 Å². The third-order valence-electron chi connectivity index (χ3n) is 2.96. The van der Waals surface area contributed by atoms with Crippen LogP contribution in [-0.4, -0.2) is 23.0 Å². The van der Waals surface area contributed by atoms with Crippen LogP contribution in [0, 0.1) is 11.8 Å². The van der Waals surface area contributed by atoms with Gasteiger partial charge in [0.15, 0.2) is 0 Å². The first-order valence-corrected chi connectivity index (χ1v) is 6.19. The van der Waals surface area contributed by atoms with Crippen LogP contribution < -0.4 is 5.32 Å². The fourth-order valence-electron chi connectivity index (χ4n) is 2.01. The number of aliphatic carboxylic acids is 1. The van der Waals surface area contributed by atoms with E-state index < -0.39 is 12.0 Å². The molecule has 1 aliphatic carbocycles. The van der Waals surface area contributed by atoms with Crippen LogP contribution in [-0.2, 0) is 9.59 Å². The highest BCUT2D eigenvalue weighted by Gasteiger charge is 2.25. The van der Waals surface area contributed by atoms with Gasteiger partial charge in [-0.05, 0) is 31.6 Å². The number of rotatable bonds is 5. The summed E-state index contributed by atoms with van der Waals surface area (Å²) in [7, 11) is 0. The zero-order chi connectivity index (χ0) is 12.8. The van der Waals surface area contributed by atoms with E-state index in [1.807, 2.05) is 19.9 Å². The molecular formula is C13H21NO3. The van der Waals surface area contributed by atoms with Crippen molar-refractivity contribution in [2.45, 2.75) is 45.6 Å². The lowest BCUT2D eigenvalue weighted by Crippen LogP contribution is -2.44. The second-order valence-corrected chi connectivity index (χ2v) is 5.01. The van der Waals surface area contributed by atoms with Gasteiger partial charge in [-0.3, -0.25) is 4.79 Å². The molecule has 0 fully saturated rings. The number of carboxylic acids is 1. The summed E-state index contributed by atoms with van der Waals surface area (Å²) in [5.41, 5.74) is 0. The van der Waals surface area contributed by atoms with Crippen LogP contribution in [0.3, 0.4) is 0 Å². The number of hydrogen-bond acceptors (Lipinski definition) is 2. The quantitative estimate of drug-likeness (QED) is 0.721. The maximum atomic E-state index is 11.9. The molecule has 4 nitrogen and oxygen atoms in total. The molecular weight excluding hydrogens is 218 g/mol. The number of allylic oxidation sites excluding steroid dienone is 2. The lowest BCUT2D eigenvalue weighted by Gasteiger charge is -2.21. The van der Waals surface area contributed by atoms with Crippen molar-refractivity contribution >= 4 is 11.9 Å². The van der Waals surface area contributed by atoms with Crippen molar-refractivity contribution < 1.29 is 14.7 Å². The molecule has 96 valence electrons. The van der Waals surface area contributed by atoms with Crippen LogP contribution in [0.5, 0.6) is 0 Å². The summed E-state index contributed by atoms with van der Waals surface area (Å²) in [6.45, 7) is 3.90. The van der Waals surface area contributed by atoms with E-state index in [1.165, 1.54) is 0 Å². The standard InChI is InChI=1S/C13H21NO3/c1-9(2)8-11(13(16)17)14-12(15)10-6-4-3-5-7-10/h3-4,9-11H,5-8H2,1-2H3,(H,14,15)(H,16,17)/t10?,11-/m0/s1. The molecule has 0 spiro atoms. The molecule has 2 atom stereocenters. The van der Waals surface area contributed by atoms with Crippen LogP contribution >= 0.6 is 0 Å². The molecule has 0 aromatic carbocycles. The Morgan fingerprint density at radius 2 is 2.12 bits per heavy atom. The molecule has 2 N–H and O–H groups in total. The van der Waals surface area contributed by atoms with Crippen molar-refractivity contribution in [3.63, 3.8) is 0 Å². The summed E-state index contributed by atoms with van der Waals surface area (Å²) in [5.74, 6) is -0.877. The highest BCUT2D eigenvalue weighted by atomic mass is 16.4. The Labute approximate surface area is 102 Å². The van der Waals surface area contributed by atoms with Gasteiger partial charge in [-0.25, -0.2) is 4.79 Å². The van der Waals surface area contributed by atoms with Gasteiger partial charge in [0.05, 0.1) is 0 Å². The Hall–Kier alpha value is -1.32. The van der Waals surface area contributed by atoms with E-state index in [0.29, 0.717) is 6.42 Å². The summed E-state index contributed by atoms with van der Waals surface area (Å²) in [6, 6.07) is -0.756. The van der Waals surface area contributed by atoms with Gasteiger partial charge < -0.3 is 10.4 Å². The van der Waals surface area contributed by atoms with Crippen LogP contribution in [0.1, 0.15) is 39.5 Å². The van der Waals surface area contributed by atoms with Crippen molar-refractivity contribution in [1.82, 2.24) is 5.32 Å². The molecule has 1 amide bonds. The lowest BCUT2D eigenvalue weighted by atomic mass is 9.93. The average Bonchev–Trinajstić information content (AvgIpc) is 2.28. The second kappa shape index (κ2) is 6.42. The zero-order valence-electron chi connectivity index (χ0n) is 10.5. The first-order valence-electron chi connectivity index (χ1n) is 6.19. The summed E-state index contributed by atoms with van der Waals surface area (Å²) >= 11 is 0. The summed E-state index contributed by atoms with van der Waals surface area (Å²) in [5, 5.41) is 11.7. The average molecular weight is 239 g/mol. The third kappa shape index (κ3) is 4.59. The van der Waals surface area contributed by atoms with E-state index in [2.05, 4.69) is 11.4 Å². The van der Waals surface area contributed by atoms with Gasteiger partial charge in [-0.15, -0.1) is 0 Å². The fourth-order valence-corrected chi connectivity index (χ4v) is 2.01. The van der Waals surface area contributed by atoms with Gasteiger partial charge in [0.25, 0.3) is 0 Å². The Morgan fingerprint density at radius 1 is 1.41 bits per heavy atom. The Bertz CT molecular complexity index is 310. The number of carbonyl (C=O) groups is 2. The van der Waals surface area contributed by atoms with Crippen molar-refractivity contribution in [3.8, 4) is 0 Å². The molecule has 0 radical (unpaired) electrons. The first kappa shape index (κ1) is 13.7. The van der Waals surface area contributed by atoms with Crippen LogP contribution in [0.4, 0.5) is 0 Å². The molecule has 0 aromatic rings. The van der Waals surface area contributed by atoms with Crippen molar-refractivity contribution in [3.05, 3.63) is 12.2 Å². The Balaban J connectivity index is 2.51. The normalized spacial score (nSPS) is 21.2. The first-order chi connectivity index (χ1) is 8.00. The minimum atomic E-state index is -0.946. The molecule has 1 rings (SSSR count). The van der Waals surface area contributed by atoms with Gasteiger partial charge >= 0.3 is 5.97 Å². The predicted molar refractivity (Wildman–Crippen MR) is 65.5 cm³/mol. The number of carboxylic acid groups (broad SMARTS) is 1. The molecule has 4 heteroatoms. The van der Waals surface area contributed by atoms with E-state index in [9.17, 15) is 9.59 Å². The Morgan fingerprint density at radius 3 is 2.59 bits per heavy atom. The van der Waals surface area contributed by atoms with E-state index in [-0.39, 0.29) is 17.7 Å². The zero-order valence-corrected chi connectivity index (χ0v) is 10.5. The number of nitrogens with one attached hydrogen (secondary N) is 1. The van der Waals surface area contributed by atoms with Crippen molar-refractivity contribution in [2.24, 2.45) is 11.8 Å². The molecule has 1 aliphatic rings. The minimum Gasteiger partial charge on any atom is -0.480 e. The predicted octanol–water partition coefficient (Wildman–Crippen LogP) is 1.96. The molecule has 0 aromatic heterocycles. The molecule has 0 saturated carbocycles. The van der Waals surface area contributed by atoms with Crippen LogP contribution in [0.2, 0.25) is 0 Å². The molecule has 1 unspecified atom stereocenters. The number of amides is 1. The Kier molecular flexibility index (Phi) is 5.19. The van der Waals surface area contributed by atoms with E-state index in [1.54, 1.807) is 0 Å². The SMILES string of the molecule is CC(C)C[C@H](NC(=O)C1CC=CCC1)C(=O)O. The third-order valence-corrected chi connectivity index (χ3v) is 2.96. The van der Waals surface area contributed by atoms with Gasteiger partial charge in [0.2, 0.25) is 5.91 Å². The number of hydrogen-bond donors (Lipinski definition) is 2. The molecule has 0 bridgehead atoms. The summed E-state index contributed by atoms with van der Waals surface area (Å²) in [4.78, 5) is 22.9. The summed E-state index contributed by atoms with van der Waals surface area (Å²) in [6.07, 6.45) is 6.97. The second-order valence-electron chi connectivity index (χ2n) is 5.01.